The Morgan fingerprint density at radius 1 is 1.32 bits per heavy atom. The highest BCUT2D eigenvalue weighted by Gasteiger charge is 2.23. The van der Waals surface area contributed by atoms with Crippen LogP contribution in [-0.2, 0) is 4.74 Å². The zero-order valence-electron chi connectivity index (χ0n) is 15.0. The van der Waals surface area contributed by atoms with Gasteiger partial charge in [0.2, 0.25) is 0 Å². The van der Waals surface area contributed by atoms with Gasteiger partial charge < -0.3 is 14.5 Å². The summed E-state index contributed by atoms with van der Waals surface area (Å²) in [4.78, 5) is 24.9. The molecule has 2 aromatic heterocycles. The quantitative estimate of drug-likeness (QED) is 0.574. The monoisotopic (exact) mass is 414 g/mol. The first-order valence-electron chi connectivity index (χ1n) is 8.32. The van der Waals surface area contributed by atoms with Crippen molar-refractivity contribution in [3.63, 3.8) is 0 Å². The predicted octanol–water partition coefficient (Wildman–Crippen LogP) is 5.27. The number of halogens is 1. The largest absolute Gasteiger partial charge is 0.462 e. The molecule has 0 radical (unpaired) electrons. The van der Waals surface area contributed by atoms with E-state index in [9.17, 15) is 14.9 Å². The summed E-state index contributed by atoms with van der Waals surface area (Å²) in [6.45, 7) is 3.56. The van der Waals surface area contributed by atoms with Gasteiger partial charge in [-0.15, -0.1) is 11.3 Å². The maximum atomic E-state index is 12.6. The normalized spacial score (nSPS) is 10.4. The summed E-state index contributed by atoms with van der Waals surface area (Å²) in [7, 11) is 0. The standard InChI is InChI=1S/C20H15ClN2O4S/c1-3-26-20(25)17-11(2)14(10-22)19(28-17)23-18(24)16-8-7-15(27-16)12-5-4-6-13(21)9-12/h4-9H,3H2,1-2H3,(H,23,24). The van der Waals surface area contributed by atoms with Crippen molar-refractivity contribution in [3.8, 4) is 17.4 Å². The molecule has 0 fully saturated rings. The third-order valence-electron chi connectivity index (χ3n) is 3.89. The minimum absolute atomic E-state index is 0.0719. The number of anilines is 1. The molecule has 1 N–H and O–H groups in total. The summed E-state index contributed by atoms with van der Waals surface area (Å²) in [6.07, 6.45) is 0. The average molecular weight is 415 g/mol. The van der Waals surface area contributed by atoms with Crippen LogP contribution >= 0.6 is 22.9 Å². The van der Waals surface area contributed by atoms with Crippen LogP contribution in [0.2, 0.25) is 5.02 Å². The smallest absolute Gasteiger partial charge is 0.348 e. The van der Waals surface area contributed by atoms with Crippen molar-refractivity contribution in [2.75, 3.05) is 11.9 Å². The Morgan fingerprint density at radius 3 is 2.79 bits per heavy atom. The fraction of sp³-hybridized carbons (Fsp3) is 0.150. The Morgan fingerprint density at radius 2 is 2.11 bits per heavy atom. The maximum absolute atomic E-state index is 12.6. The third kappa shape index (κ3) is 3.93. The molecular formula is C20H15ClN2O4S. The van der Waals surface area contributed by atoms with Crippen LogP contribution in [0.3, 0.4) is 0 Å². The highest BCUT2D eigenvalue weighted by atomic mass is 35.5. The van der Waals surface area contributed by atoms with Gasteiger partial charge in [0.1, 0.15) is 21.7 Å². The van der Waals surface area contributed by atoms with Gasteiger partial charge >= 0.3 is 5.97 Å². The Kier molecular flexibility index (Phi) is 5.83. The molecule has 28 heavy (non-hydrogen) atoms. The number of nitrogens with zero attached hydrogens (tertiary/aromatic N) is 1. The van der Waals surface area contributed by atoms with E-state index >= 15 is 0 Å². The fourth-order valence-electron chi connectivity index (χ4n) is 2.55. The molecule has 0 bridgehead atoms. The van der Waals surface area contributed by atoms with Gasteiger partial charge in [0.25, 0.3) is 5.91 Å². The topological polar surface area (TPSA) is 92.3 Å². The number of rotatable bonds is 5. The van der Waals surface area contributed by atoms with Gasteiger partial charge in [0, 0.05) is 10.6 Å². The van der Waals surface area contributed by atoms with Crippen LogP contribution in [0.25, 0.3) is 11.3 Å². The Bertz CT molecular complexity index is 1090. The molecule has 3 aromatic rings. The molecule has 142 valence electrons. The van der Waals surface area contributed by atoms with Crippen molar-refractivity contribution < 1.29 is 18.7 Å². The van der Waals surface area contributed by atoms with E-state index < -0.39 is 11.9 Å². The molecule has 1 amide bonds. The van der Waals surface area contributed by atoms with Crippen molar-refractivity contribution in [1.29, 1.82) is 5.26 Å². The average Bonchev–Trinajstić information content (AvgIpc) is 3.27. The van der Waals surface area contributed by atoms with Crippen LogP contribution in [0.4, 0.5) is 5.00 Å². The summed E-state index contributed by atoms with van der Waals surface area (Å²) in [6, 6.07) is 12.3. The van der Waals surface area contributed by atoms with Crippen LogP contribution in [0, 0.1) is 18.3 Å². The summed E-state index contributed by atoms with van der Waals surface area (Å²) in [5, 5.41) is 12.9. The first-order valence-corrected chi connectivity index (χ1v) is 9.51. The minimum atomic E-state index is -0.526. The van der Waals surface area contributed by atoms with Gasteiger partial charge in [-0.1, -0.05) is 23.7 Å². The van der Waals surface area contributed by atoms with Gasteiger partial charge in [-0.3, -0.25) is 4.79 Å². The molecule has 0 saturated carbocycles. The maximum Gasteiger partial charge on any atom is 0.348 e. The number of hydrogen-bond acceptors (Lipinski definition) is 6. The van der Waals surface area contributed by atoms with Crippen molar-refractivity contribution in [3.05, 3.63) is 63.2 Å². The molecule has 0 aliphatic carbocycles. The Hall–Kier alpha value is -3.08. The molecule has 3 rings (SSSR count). The number of carbonyl (C=O) groups excluding carboxylic acids is 2. The van der Waals surface area contributed by atoms with Gasteiger partial charge in [-0.2, -0.15) is 5.26 Å². The van der Waals surface area contributed by atoms with E-state index in [1.165, 1.54) is 6.07 Å². The number of nitrogens with one attached hydrogen (secondary N) is 1. The highest BCUT2D eigenvalue weighted by molar-refractivity contribution is 7.18. The zero-order chi connectivity index (χ0) is 20.3. The lowest BCUT2D eigenvalue weighted by Crippen LogP contribution is -2.10. The van der Waals surface area contributed by atoms with Gasteiger partial charge in [0.15, 0.2) is 5.76 Å². The third-order valence-corrected chi connectivity index (χ3v) is 5.31. The molecule has 0 saturated heterocycles. The Balaban J connectivity index is 1.85. The van der Waals surface area contributed by atoms with Crippen LogP contribution in [0.1, 0.15) is 38.3 Å². The van der Waals surface area contributed by atoms with Crippen molar-refractivity contribution in [1.82, 2.24) is 0 Å². The number of furan rings is 1. The number of nitriles is 1. The summed E-state index contributed by atoms with van der Waals surface area (Å²) in [5.74, 6) is -0.491. The lowest BCUT2D eigenvalue weighted by atomic mass is 10.2. The summed E-state index contributed by atoms with van der Waals surface area (Å²) < 4.78 is 10.6. The lowest BCUT2D eigenvalue weighted by Gasteiger charge is -2.01. The van der Waals surface area contributed by atoms with Crippen molar-refractivity contribution in [2.45, 2.75) is 13.8 Å². The molecule has 8 heteroatoms. The predicted molar refractivity (Wildman–Crippen MR) is 107 cm³/mol. The number of benzene rings is 1. The molecule has 0 aliphatic heterocycles. The van der Waals surface area contributed by atoms with E-state index in [0.717, 1.165) is 16.9 Å². The van der Waals surface area contributed by atoms with E-state index in [-0.39, 0.29) is 27.8 Å². The molecule has 0 spiro atoms. The number of esters is 1. The minimum Gasteiger partial charge on any atom is -0.462 e. The van der Waals surface area contributed by atoms with Crippen molar-refractivity contribution in [2.24, 2.45) is 0 Å². The SMILES string of the molecule is CCOC(=O)c1sc(NC(=O)c2ccc(-c3cccc(Cl)c3)o2)c(C#N)c1C. The second-order valence-corrected chi connectivity index (χ2v) is 7.18. The van der Waals surface area contributed by atoms with E-state index in [0.29, 0.717) is 16.3 Å². The summed E-state index contributed by atoms with van der Waals surface area (Å²) >= 11 is 6.98. The highest BCUT2D eigenvalue weighted by Crippen LogP contribution is 2.33. The van der Waals surface area contributed by atoms with Crippen molar-refractivity contribution >= 4 is 39.8 Å². The first kappa shape index (κ1) is 19.7. The molecule has 2 heterocycles. The zero-order valence-corrected chi connectivity index (χ0v) is 16.6. The Labute approximate surface area is 170 Å². The number of amides is 1. The van der Waals surface area contributed by atoms with Gasteiger partial charge in [0.05, 0.1) is 12.2 Å². The fourth-order valence-corrected chi connectivity index (χ4v) is 3.79. The molecule has 0 unspecified atom stereocenters. The van der Waals surface area contributed by atoms with E-state index in [2.05, 4.69) is 5.32 Å². The lowest BCUT2D eigenvalue weighted by molar-refractivity contribution is 0.0531. The number of thiophene rings is 1. The second kappa shape index (κ2) is 8.30. The first-order chi connectivity index (χ1) is 13.4. The van der Waals surface area contributed by atoms with Gasteiger partial charge in [-0.25, -0.2) is 4.79 Å². The van der Waals surface area contributed by atoms with Crippen LogP contribution in [0.15, 0.2) is 40.8 Å². The number of ether oxygens (including phenoxy) is 1. The van der Waals surface area contributed by atoms with Gasteiger partial charge in [-0.05, 0) is 43.7 Å². The van der Waals surface area contributed by atoms with E-state index in [4.69, 9.17) is 20.8 Å². The van der Waals surface area contributed by atoms with E-state index in [1.54, 1.807) is 38.1 Å². The van der Waals surface area contributed by atoms with E-state index in [1.807, 2.05) is 12.1 Å². The molecule has 1 aromatic carbocycles. The molecule has 6 nitrogen and oxygen atoms in total. The second-order valence-electron chi connectivity index (χ2n) is 5.72. The molecule has 0 aliphatic rings. The molecular weight excluding hydrogens is 400 g/mol. The number of carbonyl (C=O) groups is 2. The molecule has 0 atom stereocenters. The van der Waals surface area contributed by atoms with Crippen LogP contribution in [0.5, 0.6) is 0 Å². The van der Waals surface area contributed by atoms with Crippen LogP contribution < -0.4 is 5.32 Å². The summed E-state index contributed by atoms with van der Waals surface area (Å²) in [5.41, 5.74) is 1.43. The van der Waals surface area contributed by atoms with Crippen LogP contribution in [-0.4, -0.2) is 18.5 Å². The number of hydrogen-bond donors (Lipinski definition) is 1.